The minimum atomic E-state index is -4.71. The molecule has 0 saturated carbocycles. The van der Waals surface area contributed by atoms with Gasteiger partial charge in [0.25, 0.3) is 0 Å². The van der Waals surface area contributed by atoms with Gasteiger partial charge in [-0.15, -0.1) is 0 Å². The van der Waals surface area contributed by atoms with Crippen LogP contribution in [0.2, 0.25) is 0 Å². The highest BCUT2D eigenvalue weighted by atomic mass is 32.2. The van der Waals surface area contributed by atoms with Crippen molar-refractivity contribution in [3.8, 4) is 22.4 Å². The molecule has 1 aromatic heterocycles. The van der Waals surface area contributed by atoms with E-state index in [0.717, 1.165) is 6.26 Å². The molecule has 0 unspecified atom stereocenters. The molecule has 8 heteroatoms. The predicted molar refractivity (Wildman–Crippen MR) is 85.5 cm³/mol. The summed E-state index contributed by atoms with van der Waals surface area (Å²) in [5.74, 6) is -1.19. The third-order valence-corrected chi connectivity index (χ3v) is 4.70. The molecule has 0 atom stereocenters. The first-order chi connectivity index (χ1) is 11.7. The van der Waals surface area contributed by atoms with Gasteiger partial charge in [-0.1, -0.05) is 47.6 Å². The zero-order valence-corrected chi connectivity index (χ0v) is 13.7. The Bertz CT molecular complexity index is 992. The van der Waals surface area contributed by atoms with Crippen LogP contribution >= 0.6 is 0 Å². The third kappa shape index (κ3) is 3.43. The maximum atomic E-state index is 13.3. The van der Waals surface area contributed by atoms with Gasteiger partial charge in [0, 0.05) is 11.8 Å². The summed E-state index contributed by atoms with van der Waals surface area (Å²) in [6.45, 7) is 0. The first kappa shape index (κ1) is 17.2. The number of sulfone groups is 1. The molecule has 1 heterocycles. The van der Waals surface area contributed by atoms with Crippen LogP contribution in [0.5, 0.6) is 0 Å². The van der Waals surface area contributed by atoms with Gasteiger partial charge in [0.05, 0.1) is 10.5 Å². The van der Waals surface area contributed by atoms with Gasteiger partial charge < -0.3 is 4.52 Å². The van der Waals surface area contributed by atoms with Gasteiger partial charge >= 0.3 is 6.18 Å². The fraction of sp³-hybridized carbons (Fsp3) is 0.118. The van der Waals surface area contributed by atoms with Crippen molar-refractivity contribution in [1.82, 2.24) is 5.16 Å². The van der Waals surface area contributed by atoms with Crippen LogP contribution in [0.15, 0.2) is 64.0 Å². The van der Waals surface area contributed by atoms with Gasteiger partial charge in [0.15, 0.2) is 9.84 Å². The lowest BCUT2D eigenvalue weighted by atomic mass is 9.99. The number of hydrogen-bond acceptors (Lipinski definition) is 4. The Morgan fingerprint density at radius 1 is 0.920 bits per heavy atom. The molecular formula is C17H12F3NO3S. The summed E-state index contributed by atoms with van der Waals surface area (Å²) in [5.41, 5.74) is 0.447. The number of rotatable bonds is 3. The molecule has 0 spiro atoms. The topological polar surface area (TPSA) is 60.2 Å². The van der Waals surface area contributed by atoms with Gasteiger partial charge in [-0.3, -0.25) is 0 Å². The van der Waals surface area contributed by atoms with E-state index in [1.54, 1.807) is 18.2 Å². The summed E-state index contributed by atoms with van der Waals surface area (Å²) < 4.78 is 67.4. The summed E-state index contributed by atoms with van der Waals surface area (Å²) in [6.07, 6.45) is -3.65. The Morgan fingerprint density at radius 3 is 2.04 bits per heavy atom. The van der Waals surface area contributed by atoms with Crippen molar-refractivity contribution in [2.75, 3.05) is 6.26 Å². The Kier molecular flexibility index (Phi) is 4.16. The Morgan fingerprint density at radius 2 is 1.52 bits per heavy atom. The van der Waals surface area contributed by atoms with E-state index < -0.39 is 21.8 Å². The molecule has 0 fully saturated rings. The van der Waals surface area contributed by atoms with E-state index in [-0.39, 0.29) is 16.2 Å². The van der Waals surface area contributed by atoms with E-state index in [4.69, 9.17) is 0 Å². The van der Waals surface area contributed by atoms with E-state index in [1.807, 2.05) is 0 Å². The predicted octanol–water partition coefficient (Wildman–Crippen LogP) is 4.43. The molecule has 3 aromatic rings. The monoisotopic (exact) mass is 366 g/mol. The zero-order chi connectivity index (χ0) is 18.2. The Labute approximate surface area is 141 Å². The molecule has 0 saturated heterocycles. The molecule has 0 N–H and O–H groups in total. The van der Waals surface area contributed by atoms with E-state index in [0.29, 0.717) is 11.1 Å². The summed E-state index contributed by atoms with van der Waals surface area (Å²) in [7, 11) is -3.41. The van der Waals surface area contributed by atoms with Gasteiger partial charge in [0.1, 0.15) is 5.69 Å². The highest BCUT2D eigenvalue weighted by Gasteiger charge is 2.41. The second kappa shape index (κ2) is 6.03. The second-order valence-electron chi connectivity index (χ2n) is 5.40. The van der Waals surface area contributed by atoms with Gasteiger partial charge in [-0.2, -0.15) is 13.2 Å². The van der Waals surface area contributed by atoms with Crippen molar-refractivity contribution in [3.63, 3.8) is 0 Å². The average Bonchev–Trinajstić information content (AvgIpc) is 3.00. The van der Waals surface area contributed by atoms with Crippen LogP contribution in [-0.2, 0) is 16.0 Å². The van der Waals surface area contributed by atoms with Crippen LogP contribution in [0, 0.1) is 0 Å². The smallest absolute Gasteiger partial charge is 0.350 e. The molecule has 0 amide bonds. The van der Waals surface area contributed by atoms with Crippen LogP contribution in [0.1, 0.15) is 5.76 Å². The maximum absolute atomic E-state index is 13.3. The number of aromatic nitrogens is 1. The quantitative estimate of drug-likeness (QED) is 0.688. The van der Waals surface area contributed by atoms with Crippen LogP contribution in [0.4, 0.5) is 13.2 Å². The molecule has 0 aliphatic carbocycles. The highest BCUT2D eigenvalue weighted by molar-refractivity contribution is 7.90. The standard InChI is InChI=1S/C17H12F3NO3S/c1-25(22,23)13-9-7-12(8-10-13)15-14(11-5-3-2-4-6-11)16(24-21-15)17(18,19)20/h2-10H,1H3/i1-1. The van der Waals surface area contributed by atoms with Crippen molar-refractivity contribution in [2.45, 2.75) is 11.1 Å². The highest BCUT2D eigenvalue weighted by Crippen LogP contribution is 2.42. The number of hydrogen-bond donors (Lipinski definition) is 0. The van der Waals surface area contributed by atoms with Crippen LogP contribution in [0.3, 0.4) is 0 Å². The van der Waals surface area contributed by atoms with Crippen molar-refractivity contribution in [1.29, 1.82) is 0 Å². The second-order valence-corrected chi connectivity index (χ2v) is 7.41. The minimum absolute atomic E-state index is 0.00132. The van der Waals surface area contributed by atoms with Crippen molar-refractivity contribution >= 4 is 9.84 Å². The van der Waals surface area contributed by atoms with Crippen LogP contribution in [0.25, 0.3) is 22.4 Å². The Hall–Kier alpha value is -2.61. The largest absolute Gasteiger partial charge is 0.453 e. The lowest BCUT2D eigenvalue weighted by molar-refractivity contribution is -0.154. The van der Waals surface area contributed by atoms with Crippen LogP contribution < -0.4 is 0 Å². The number of nitrogens with zero attached hydrogens (tertiary/aromatic N) is 1. The number of halogens is 3. The van der Waals surface area contributed by atoms with Crippen molar-refractivity contribution in [2.24, 2.45) is 0 Å². The minimum Gasteiger partial charge on any atom is -0.350 e. The zero-order valence-electron chi connectivity index (χ0n) is 12.9. The van der Waals surface area contributed by atoms with Crippen molar-refractivity contribution in [3.05, 3.63) is 60.4 Å². The summed E-state index contributed by atoms with van der Waals surface area (Å²) in [4.78, 5) is 0.0667. The molecular weight excluding hydrogens is 354 g/mol. The van der Waals surface area contributed by atoms with Gasteiger partial charge in [-0.25, -0.2) is 8.42 Å². The molecule has 25 heavy (non-hydrogen) atoms. The van der Waals surface area contributed by atoms with E-state index in [1.165, 1.54) is 36.4 Å². The van der Waals surface area contributed by atoms with E-state index in [2.05, 4.69) is 9.68 Å². The third-order valence-electron chi connectivity index (χ3n) is 3.57. The lowest BCUT2D eigenvalue weighted by Gasteiger charge is -2.07. The Balaban J connectivity index is 2.19. The van der Waals surface area contributed by atoms with Gasteiger partial charge in [-0.05, 0) is 17.7 Å². The SMILES string of the molecule is [11CH3]S(=O)(=O)c1ccc(-c2noc(C(F)(F)F)c2-c2ccccc2)cc1. The van der Waals surface area contributed by atoms with E-state index in [9.17, 15) is 21.6 Å². The molecule has 0 aliphatic heterocycles. The molecule has 0 bridgehead atoms. The summed E-state index contributed by atoms with van der Waals surface area (Å²) in [6, 6.07) is 13.4. The molecule has 2 aromatic carbocycles. The summed E-state index contributed by atoms with van der Waals surface area (Å²) in [5, 5.41) is 3.58. The van der Waals surface area contributed by atoms with Crippen LogP contribution in [-0.4, -0.2) is 19.8 Å². The molecule has 0 radical (unpaired) electrons. The van der Waals surface area contributed by atoms with Crippen molar-refractivity contribution < 1.29 is 26.1 Å². The molecule has 0 aliphatic rings. The average molecular weight is 366 g/mol. The number of alkyl halides is 3. The normalized spacial score (nSPS) is 12.3. The summed E-state index contributed by atoms with van der Waals surface area (Å²) >= 11 is 0. The van der Waals surface area contributed by atoms with Gasteiger partial charge in [0.2, 0.25) is 5.76 Å². The molecule has 130 valence electrons. The lowest BCUT2D eigenvalue weighted by Crippen LogP contribution is -2.05. The first-order valence-corrected chi connectivity index (χ1v) is 9.00. The van der Waals surface area contributed by atoms with E-state index >= 15 is 0 Å². The number of benzene rings is 2. The molecule has 3 rings (SSSR count). The first-order valence-electron chi connectivity index (χ1n) is 7.11. The maximum Gasteiger partial charge on any atom is 0.453 e. The molecule has 4 nitrogen and oxygen atoms in total. The fourth-order valence-electron chi connectivity index (χ4n) is 2.41. The fourth-order valence-corrected chi connectivity index (χ4v) is 3.04.